The molecule has 0 spiro atoms. The summed E-state index contributed by atoms with van der Waals surface area (Å²) in [5, 5.41) is 2.99. The summed E-state index contributed by atoms with van der Waals surface area (Å²) in [5.41, 5.74) is 3.46. The highest BCUT2D eigenvalue weighted by Gasteiger charge is 2.23. The Morgan fingerprint density at radius 2 is 1.78 bits per heavy atom. The fraction of sp³-hybridized carbons (Fsp3) is 0.476. The highest BCUT2D eigenvalue weighted by atomic mass is 32.1. The second kappa shape index (κ2) is 8.21. The van der Waals surface area contributed by atoms with E-state index in [9.17, 15) is 9.59 Å². The van der Waals surface area contributed by atoms with Gasteiger partial charge in [0, 0.05) is 56.2 Å². The standard InChI is InChI=1S/C21H25N3O2S/c25-19(18-6-5-16-3-1-2-4-17(16)15-18)7-8-20(26)23-10-12-24(13-11-23)21-22-9-14-27-21/h5-6,9,14-15H,1-4,7-8,10-13H2. The van der Waals surface area contributed by atoms with Gasteiger partial charge in [-0.2, -0.15) is 0 Å². The largest absolute Gasteiger partial charge is 0.345 e. The molecule has 2 aliphatic rings. The number of rotatable bonds is 5. The van der Waals surface area contributed by atoms with Crippen LogP contribution in [-0.4, -0.2) is 47.8 Å². The maximum absolute atomic E-state index is 12.5. The van der Waals surface area contributed by atoms with Crippen LogP contribution in [0.1, 0.15) is 47.2 Å². The molecule has 6 heteroatoms. The fourth-order valence-electron chi connectivity index (χ4n) is 3.95. The van der Waals surface area contributed by atoms with E-state index in [1.54, 1.807) is 11.3 Å². The number of carbonyl (C=O) groups excluding carboxylic acids is 2. The van der Waals surface area contributed by atoms with Crippen molar-refractivity contribution in [1.82, 2.24) is 9.88 Å². The summed E-state index contributed by atoms with van der Waals surface area (Å²) in [6, 6.07) is 6.08. The lowest BCUT2D eigenvalue weighted by Gasteiger charge is -2.34. The number of hydrogen-bond acceptors (Lipinski definition) is 5. The first-order chi connectivity index (χ1) is 13.2. The van der Waals surface area contributed by atoms with Gasteiger partial charge >= 0.3 is 0 Å². The number of thiazole rings is 1. The molecule has 5 nitrogen and oxygen atoms in total. The molecule has 2 aromatic rings. The van der Waals surface area contributed by atoms with E-state index < -0.39 is 0 Å². The molecule has 1 fully saturated rings. The number of nitrogens with zero attached hydrogens (tertiary/aromatic N) is 3. The monoisotopic (exact) mass is 383 g/mol. The van der Waals surface area contributed by atoms with E-state index >= 15 is 0 Å². The Hall–Kier alpha value is -2.21. The molecule has 0 atom stereocenters. The third-order valence-corrected chi connectivity index (χ3v) is 6.39. The first-order valence-electron chi connectivity index (χ1n) is 9.78. The summed E-state index contributed by atoms with van der Waals surface area (Å²) in [7, 11) is 0. The zero-order valence-electron chi connectivity index (χ0n) is 15.5. The summed E-state index contributed by atoms with van der Waals surface area (Å²) in [4.78, 5) is 33.5. The number of Topliss-reactive ketones (excluding diaryl/α,β-unsaturated/α-hetero) is 1. The Kier molecular flexibility index (Phi) is 5.53. The lowest BCUT2D eigenvalue weighted by Crippen LogP contribution is -2.48. The maximum Gasteiger partial charge on any atom is 0.223 e. The van der Waals surface area contributed by atoms with Gasteiger partial charge in [-0.3, -0.25) is 9.59 Å². The zero-order valence-corrected chi connectivity index (χ0v) is 16.3. The Morgan fingerprint density at radius 1 is 1.00 bits per heavy atom. The van der Waals surface area contributed by atoms with E-state index in [4.69, 9.17) is 0 Å². The van der Waals surface area contributed by atoms with Gasteiger partial charge in [0.25, 0.3) is 0 Å². The maximum atomic E-state index is 12.5. The molecule has 2 heterocycles. The van der Waals surface area contributed by atoms with Crippen LogP contribution in [0.3, 0.4) is 0 Å². The van der Waals surface area contributed by atoms with E-state index in [1.165, 1.54) is 24.0 Å². The van der Waals surface area contributed by atoms with Gasteiger partial charge in [0.1, 0.15) is 0 Å². The van der Waals surface area contributed by atoms with Crippen molar-refractivity contribution in [3.05, 3.63) is 46.5 Å². The molecule has 1 aromatic heterocycles. The number of fused-ring (bicyclic) bond motifs is 1. The van der Waals surface area contributed by atoms with Crippen molar-refractivity contribution in [3.8, 4) is 0 Å². The summed E-state index contributed by atoms with van der Waals surface area (Å²) < 4.78 is 0. The number of carbonyl (C=O) groups is 2. The van der Waals surface area contributed by atoms with Crippen LogP contribution >= 0.6 is 11.3 Å². The predicted octanol–water partition coefficient (Wildman–Crippen LogP) is 3.33. The van der Waals surface area contributed by atoms with Crippen LogP contribution in [-0.2, 0) is 17.6 Å². The Bertz CT molecular complexity index is 811. The smallest absolute Gasteiger partial charge is 0.223 e. The third kappa shape index (κ3) is 4.21. The van der Waals surface area contributed by atoms with Gasteiger partial charge in [0.15, 0.2) is 10.9 Å². The van der Waals surface area contributed by atoms with E-state index in [0.29, 0.717) is 25.9 Å². The van der Waals surface area contributed by atoms with Crippen molar-refractivity contribution in [1.29, 1.82) is 0 Å². The van der Waals surface area contributed by atoms with Crippen LogP contribution < -0.4 is 4.90 Å². The van der Waals surface area contributed by atoms with Crippen molar-refractivity contribution in [2.75, 3.05) is 31.1 Å². The number of aromatic nitrogens is 1. The first-order valence-corrected chi connectivity index (χ1v) is 10.7. The number of amides is 1. The van der Waals surface area contributed by atoms with Crippen LogP contribution in [0.2, 0.25) is 0 Å². The molecule has 4 rings (SSSR count). The molecule has 142 valence electrons. The van der Waals surface area contributed by atoms with E-state index in [-0.39, 0.29) is 11.7 Å². The van der Waals surface area contributed by atoms with Crippen molar-refractivity contribution < 1.29 is 9.59 Å². The van der Waals surface area contributed by atoms with Crippen LogP contribution in [0.25, 0.3) is 0 Å². The molecule has 1 aliphatic heterocycles. The summed E-state index contributed by atoms with van der Waals surface area (Å²) >= 11 is 1.63. The molecule has 1 aromatic carbocycles. The van der Waals surface area contributed by atoms with Gasteiger partial charge in [-0.15, -0.1) is 11.3 Å². The second-order valence-electron chi connectivity index (χ2n) is 7.30. The Balaban J connectivity index is 1.27. The molecular formula is C21H25N3O2S. The summed E-state index contributed by atoms with van der Waals surface area (Å²) in [6.07, 6.45) is 7.04. The molecule has 1 saturated heterocycles. The van der Waals surface area contributed by atoms with Crippen molar-refractivity contribution in [2.45, 2.75) is 38.5 Å². The molecule has 0 unspecified atom stereocenters. The highest BCUT2D eigenvalue weighted by molar-refractivity contribution is 7.13. The molecular weight excluding hydrogens is 358 g/mol. The molecule has 0 N–H and O–H groups in total. The first kappa shape index (κ1) is 18.2. The van der Waals surface area contributed by atoms with Gasteiger partial charge in [0.2, 0.25) is 5.91 Å². The number of benzene rings is 1. The second-order valence-corrected chi connectivity index (χ2v) is 8.17. The minimum absolute atomic E-state index is 0.0816. The average Bonchev–Trinajstić information content (AvgIpc) is 3.26. The normalized spacial score (nSPS) is 16.9. The minimum Gasteiger partial charge on any atom is -0.345 e. The van der Waals surface area contributed by atoms with Crippen molar-refractivity contribution >= 4 is 28.2 Å². The van der Waals surface area contributed by atoms with Crippen LogP contribution in [0, 0.1) is 0 Å². The molecule has 1 aliphatic carbocycles. The zero-order chi connectivity index (χ0) is 18.6. The number of ketones is 1. The van der Waals surface area contributed by atoms with Gasteiger partial charge < -0.3 is 9.80 Å². The Labute approximate surface area is 164 Å². The van der Waals surface area contributed by atoms with Gasteiger partial charge in [-0.1, -0.05) is 12.1 Å². The number of aryl methyl sites for hydroxylation is 2. The average molecular weight is 384 g/mol. The fourth-order valence-corrected chi connectivity index (χ4v) is 4.65. The summed E-state index contributed by atoms with van der Waals surface area (Å²) in [5.74, 6) is 0.165. The topological polar surface area (TPSA) is 53.5 Å². The highest BCUT2D eigenvalue weighted by Crippen LogP contribution is 2.23. The van der Waals surface area contributed by atoms with Crippen LogP contribution in [0.4, 0.5) is 5.13 Å². The predicted molar refractivity (Wildman–Crippen MR) is 108 cm³/mol. The number of anilines is 1. The van der Waals surface area contributed by atoms with Gasteiger partial charge in [-0.05, 0) is 42.9 Å². The molecule has 0 bridgehead atoms. The van der Waals surface area contributed by atoms with E-state index in [0.717, 1.165) is 36.6 Å². The molecule has 27 heavy (non-hydrogen) atoms. The Morgan fingerprint density at radius 3 is 2.52 bits per heavy atom. The third-order valence-electron chi connectivity index (χ3n) is 5.56. The van der Waals surface area contributed by atoms with Crippen LogP contribution in [0.5, 0.6) is 0 Å². The number of piperazine rings is 1. The molecule has 0 saturated carbocycles. The molecule has 1 amide bonds. The van der Waals surface area contributed by atoms with E-state index in [2.05, 4.69) is 16.0 Å². The quantitative estimate of drug-likeness (QED) is 0.743. The van der Waals surface area contributed by atoms with Crippen molar-refractivity contribution in [3.63, 3.8) is 0 Å². The minimum atomic E-state index is 0.0816. The van der Waals surface area contributed by atoms with Gasteiger partial charge in [0.05, 0.1) is 0 Å². The lowest BCUT2D eigenvalue weighted by molar-refractivity contribution is -0.131. The van der Waals surface area contributed by atoms with E-state index in [1.807, 2.05) is 28.6 Å². The molecule has 0 radical (unpaired) electrons. The number of hydrogen-bond donors (Lipinski definition) is 0. The summed E-state index contributed by atoms with van der Waals surface area (Å²) in [6.45, 7) is 3.01. The van der Waals surface area contributed by atoms with Gasteiger partial charge in [-0.25, -0.2) is 4.98 Å². The SMILES string of the molecule is O=C(CCC(=O)N1CCN(c2nccs2)CC1)c1ccc2c(c1)CCCC2. The van der Waals surface area contributed by atoms with Crippen molar-refractivity contribution in [2.24, 2.45) is 0 Å². The van der Waals surface area contributed by atoms with Crippen LogP contribution in [0.15, 0.2) is 29.8 Å². The lowest BCUT2D eigenvalue weighted by atomic mass is 9.89.